The average Bonchev–Trinajstić information content (AvgIpc) is 2.65. The summed E-state index contributed by atoms with van der Waals surface area (Å²) in [5.41, 5.74) is 0. The first kappa shape index (κ1) is 11.6. The van der Waals surface area contributed by atoms with Gasteiger partial charge in [-0.15, -0.1) is 0 Å². The summed E-state index contributed by atoms with van der Waals surface area (Å²) < 4.78 is 0. The van der Waals surface area contributed by atoms with E-state index in [1.165, 1.54) is 25.7 Å². The molecule has 0 saturated heterocycles. The molecule has 14 heavy (non-hydrogen) atoms. The molecule has 1 heteroatoms. The summed E-state index contributed by atoms with van der Waals surface area (Å²) in [7, 11) is 0. The molecule has 3 aliphatic rings. The SMILES string of the molecule is [CH-]1CCC2CCC3CCCCC3C12.[Y]. The van der Waals surface area contributed by atoms with Crippen molar-refractivity contribution < 1.29 is 32.7 Å². The second kappa shape index (κ2) is 4.96. The van der Waals surface area contributed by atoms with Crippen molar-refractivity contribution in [2.45, 2.75) is 51.4 Å². The van der Waals surface area contributed by atoms with E-state index in [-0.39, 0.29) is 32.7 Å². The summed E-state index contributed by atoms with van der Waals surface area (Å²) in [5.74, 6) is 4.41. The molecule has 3 saturated carbocycles. The van der Waals surface area contributed by atoms with E-state index >= 15 is 0 Å². The molecule has 1 radical (unpaired) electrons. The standard InChI is InChI=1S/C13H21.Y/c1-2-6-12-10(4-1)8-9-11-5-3-7-13(11)12;/h7,10-13H,1-6,8-9H2;/q-1;. The summed E-state index contributed by atoms with van der Waals surface area (Å²) in [5, 5.41) is 0. The molecule has 0 heterocycles. The Labute approximate surface area is 113 Å². The van der Waals surface area contributed by atoms with Crippen molar-refractivity contribution in [1.82, 2.24) is 0 Å². The normalized spacial score (nSPS) is 46.3. The van der Waals surface area contributed by atoms with E-state index in [2.05, 4.69) is 6.42 Å². The second-order valence-corrected chi connectivity index (χ2v) is 5.44. The van der Waals surface area contributed by atoms with Gasteiger partial charge in [0.05, 0.1) is 0 Å². The van der Waals surface area contributed by atoms with Crippen molar-refractivity contribution in [1.29, 1.82) is 0 Å². The van der Waals surface area contributed by atoms with Crippen molar-refractivity contribution in [2.75, 3.05) is 0 Å². The van der Waals surface area contributed by atoms with Crippen molar-refractivity contribution >= 4 is 0 Å². The molecule has 0 N–H and O–H groups in total. The van der Waals surface area contributed by atoms with Crippen LogP contribution >= 0.6 is 0 Å². The first-order chi connectivity index (χ1) is 6.45. The Kier molecular flexibility index (Phi) is 4.10. The van der Waals surface area contributed by atoms with Gasteiger partial charge in [0.15, 0.2) is 0 Å². The Morgan fingerprint density at radius 1 is 0.786 bits per heavy atom. The molecule has 4 unspecified atom stereocenters. The second-order valence-electron chi connectivity index (χ2n) is 5.44. The van der Waals surface area contributed by atoms with Crippen LogP contribution in [0.3, 0.4) is 0 Å². The molecule has 0 amide bonds. The molecule has 0 aromatic rings. The van der Waals surface area contributed by atoms with E-state index < -0.39 is 0 Å². The molecule has 77 valence electrons. The molecule has 0 spiro atoms. The zero-order valence-corrected chi connectivity index (χ0v) is 12.0. The van der Waals surface area contributed by atoms with Crippen LogP contribution in [0.5, 0.6) is 0 Å². The Balaban J connectivity index is 0.000000750. The monoisotopic (exact) mass is 266 g/mol. The molecule has 3 fully saturated rings. The van der Waals surface area contributed by atoms with Gasteiger partial charge < -0.3 is 6.42 Å². The van der Waals surface area contributed by atoms with E-state index in [9.17, 15) is 0 Å². The van der Waals surface area contributed by atoms with Gasteiger partial charge in [-0.25, -0.2) is 0 Å². The Hall–Kier alpha value is 1.10. The molecule has 0 aromatic heterocycles. The zero-order valence-electron chi connectivity index (χ0n) is 9.12. The fourth-order valence-corrected chi connectivity index (χ4v) is 4.28. The van der Waals surface area contributed by atoms with Crippen LogP contribution in [0.25, 0.3) is 0 Å². The van der Waals surface area contributed by atoms with Crippen molar-refractivity contribution in [3.8, 4) is 0 Å². The summed E-state index contributed by atoms with van der Waals surface area (Å²) in [6, 6.07) is 0. The molecule has 0 bridgehead atoms. The van der Waals surface area contributed by atoms with Crippen LogP contribution in [0.4, 0.5) is 0 Å². The fourth-order valence-electron chi connectivity index (χ4n) is 4.28. The first-order valence-corrected chi connectivity index (χ1v) is 6.28. The van der Waals surface area contributed by atoms with E-state index in [1.54, 1.807) is 25.7 Å². The van der Waals surface area contributed by atoms with E-state index in [4.69, 9.17) is 0 Å². The summed E-state index contributed by atoms with van der Waals surface area (Å²) in [6.45, 7) is 0. The molecular weight excluding hydrogens is 245 g/mol. The van der Waals surface area contributed by atoms with Gasteiger partial charge in [0, 0.05) is 32.7 Å². The first-order valence-electron chi connectivity index (χ1n) is 6.28. The van der Waals surface area contributed by atoms with Crippen molar-refractivity contribution in [2.24, 2.45) is 23.7 Å². The predicted octanol–water partition coefficient (Wildman–Crippen LogP) is 3.81. The van der Waals surface area contributed by atoms with Gasteiger partial charge >= 0.3 is 0 Å². The van der Waals surface area contributed by atoms with Crippen LogP contribution in [0.15, 0.2) is 0 Å². The van der Waals surface area contributed by atoms with Gasteiger partial charge in [0.2, 0.25) is 0 Å². The third-order valence-corrected chi connectivity index (χ3v) is 4.89. The molecule has 3 aliphatic carbocycles. The van der Waals surface area contributed by atoms with Crippen LogP contribution in [0.2, 0.25) is 0 Å². The Bertz CT molecular complexity index is 190. The summed E-state index contributed by atoms with van der Waals surface area (Å²) in [4.78, 5) is 0. The number of rotatable bonds is 0. The van der Waals surface area contributed by atoms with Gasteiger partial charge in [0.1, 0.15) is 0 Å². The zero-order chi connectivity index (χ0) is 8.67. The van der Waals surface area contributed by atoms with Crippen LogP contribution < -0.4 is 0 Å². The van der Waals surface area contributed by atoms with Crippen LogP contribution in [0.1, 0.15) is 51.4 Å². The van der Waals surface area contributed by atoms with Gasteiger partial charge in [-0.3, -0.25) is 0 Å². The minimum absolute atomic E-state index is 0. The van der Waals surface area contributed by atoms with Crippen LogP contribution in [0, 0.1) is 30.1 Å². The topological polar surface area (TPSA) is 0 Å². The molecule has 0 nitrogen and oxygen atoms in total. The van der Waals surface area contributed by atoms with E-state index in [0.717, 1.165) is 23.7 Å². The third kappa shape index (κ3) is 1.98. The van der Waals surface area contributed by atoms with Gasteiger partial charge in [0.25, 0.3) is 0 Å². The maximum Gasteiger partial charge on any atom is 0 e. The van der Waals surface area contributed by atoms with Crippen molar-refractivity contribution in [3.05, 3.63) is 6.42 Å². The van der Waals surface area contributed by atoms with Crippen LogP contribution in [-0.2, 0) is 32.7 Å². The molecule has 3 rings (SSSR count). The van der Waals surface area contributed by atoms with Gasteiger partial charge in [-0.1, -0.05) is 56.8 Å². The van der Waals surface area contributed by atoms with E-state index in [0.29, 0.717) is 0 Å². The molecule has 0 aromatic carbocycles. The smallest absolute Gasteiger partial charge is 0 e. The molecular formula is C13H21Y-. The third-order valence-electron chi connectivity index (χ3n) is 4.89. The van der Waals surface area contributed by atoms with E-state index in [1.807, 2.05) is 0 Å². The maximum atomic E-state index is 2.67. The minimum Gasteiger partial charge on any atom is -0.325 e. The van der Waals surface area contributed by atoms with Gasteiger partial charge in [-0.05, 0) is 5.92 Å². The molecule has 4 atom stereocenters. The fraction of sp³-hybridized carbons (Fsp3) is 0.923. The number of fused-ring (bicyclic) bond motifs is 3. The summed E-state index contributed by atoms with van der Waals surface area (Å²) >= 11 is 0. The van der Waals surface area contributed by atoms with Gasteiger partial charge in [-0.2, -0.15) is 12.3 Å². The summed E-state index contributed by atoms with van der Waals surface area (Å²) in [6.07, 6.45) is 14.9. The Morgan fingerprint density at radius 3 is 2.50 bits per heavy atom. The number of hydrogen-bond acceptors (Lipinski definition) is 0. The quantitative estimate of drug-likeness (QED) is 0.585. The Morgan fingerprint density at radius 2 is 1.57 bits per heavy atom. The predicted molar refractivity (Wildman–Crippen MR) is 55.2 cm³/mol. The molecule has 0 aliphatic heterocycles. The average molecular weight is 266 g/mol. The minimum atomic E-state index is 0. The number of hydrogen-bond donors (Lipinski definition) is 0. The van der Waals surface area contributed by atoms with Crippen molar-refractivity contribution in [3.63, 3.8) is 0 Å². The largest absolute Gasteiger partial charge is 0.325 e. The maximum absolute atomic E-state index is 2.67. The van der Waals surface area contributed by atoms with Crippen LogP contribution in [-0.4, -0.2) is 0 Å².